The summed E-state index contributed by atoms with van der Waals surface area (Å²) in [5.41, 5.74) is 3.75. The van der Waals surface area contributed by atoms with Gasteiger partial charge in [-0.1, -0.05) is 35.0 Å². The van der Waals surface area contributed by atoms with Gasteiger partial charge in [0.05, 0.1) is 0 Å². The predicted molar refractivity (Wildman–Crippen MR) is 85.4 cm³/mol. The van der Waals surface area contributed by atoms with Gasteiger partial charge in [0.15, 0.2) is 0 Å². The van der Waals surface area contributed by atoms with Crippen LogP contribution >= 0.6 is 15.9 Å². The van der Waals surface area contributed by atoms with E-state index in [0.717, 1.165) is 22.5 Å². The van der Waals surface area contributed by atoms with Crippen LogP contribution in [0.4, 0.5) is 11.6 Å². The SMILES string of the molecule is CCc1nc(NN)cc(NC(C)c2ccc(Br)cc2)n1. The Morgan fingerprint density at radius 2 is 1.85 bits per heavy atom. The Morgan fingerprint density at radius 1 is 1.20 bits per heavy atom. The van der Waals surface area contributed by atoms with Crippen molar-refractivity contribution < 1.29 is 0 Å². The Kier molecular flexibility index (Phi) is 4.92. The number of benzene rings is 1. The van der Waals surface area contributed by atoms with Crippen molar-refractivity contribution >= 4 is 27.6 Å². The number of nitrogens with zero attached hydrogens (tertiary/aromatic N) is 2. The first-order valence-electron chi connectivity index (χ1n) is 6.49. The van der Waals surface area contributed by atoms with E-state index in [0.29, 0.717) is 5.82 Å². The van der Waals surface area contributed by atoms with E-state index < -0.39 is 0 Å². The van der Waals surface area contributed by atoms with Crippen molar-refractivity contribution in [3.8, 4) is 0 Å². The van der Waals surface area contributed by atoms with Gasteiger partial charge < -0.3 is 10.7 Å². The zero-order valence-electron chi connectivity index (χ0n) is 11.5. The van der Waals surface area contributed by atoms with Gasteiger partial charge in [0.1, 0.15) is 17.5 Å². The van der Waals surface area contributed by atoms with Gasteiger partial charge in [-0.05, 0) is 24.6 Å². The predicted octanol–water partition coefficient (Wildman–Crippen LogP) is 3.26. The quantitative estimate of drug-likeness (QED) is 0.577. The Balaban J connectivity index is 2.18. The molecule has 0 fully saturated rings. The lowest BCUT2D eigenvalue weighted by atomic mass is 10.1. The molecule has 106 valence electrons. The fraction of sp³-hybridized carbons (Fsp3) is 0.286. The van der Waals surface area contributed by atoms with Crippen LogP contribution < -0.4 is 16.6 Å². The standard InChI is InChI=1S/C14H18BrN5/c1-3-12-18-13(8-14(19-12)20-16)17-9(2)10-4-6-11(15)7-5-10/h4-9H,3,16H2,1-2H3,(H2,17,18,19,20). The molecule has 2 rings (SSSR count). The molecule has 6 heteroatoms. The number of aromatic nitrogens is 2. The Labute approximate surface area is 127 Å². The Bertz CT molecular complexity index is 548. The van der Waals surface area contributed by atoms with Crippen LogP contribution in [0.15, 0.2) is 34.8 Å². The van der Waals surface area contributed by atoms with Gasteiger partial charge in [-0.25, -0.2) is 15.8 Å². The van der Waals surface area contributed by atoms with Crippen LogP contribution in [0.25, 0.3) is 0 Å². The second-order valence-corrected chi connectivity index (χ2v) is 5.39. The number of nitrogen functional groups attached to an aromatic ring is 1. The molecule has 0 aliphatic carbocycles. The third-order valence-corrected chi connectivity index (χ3v) is 3.50. The summed E-state index contributed by atoms with van der Waals surface area (Å²) in [6, 6.07) is 10.1. The normalized spacial score (nSPS) is 12.0. The Morgan fingerprint density at radius 3 is 2.45 bits per heavy atom. The molecule has 5 nitrogen and oxygen atoms in total. The number of rotatable bonds is 5. The summed E-state index contributed by atoms with van der Waals surface area (Å²) in [5.74, 6) is 7.56. The van der Waals surface area contributed by atoms with Crippen LogP contribution in [0, 0.1) is 0 Å². The molecule has 4 N–H and O–H groups in total. The lowest BCUT2D eigenvalue weighted by Gasteiger charge is -2.16. The van der Waals surface area contributed by atoms with Gasteiger partial charge in [-0.2, -0.15) is 0 Å². The summed E-state index contributed by atoms with van der Waals surface area (Å²) in [4.78, 5) is 8.72. The number of nitrogens with two attached hydrogens (primary N) is 1. The van der Waals surface area contributed by atoms with E-state index in [1.165, 1.54) is 5.56 Å². The number of hydrogen-bond acceptors (Lipinski definition) is 5. The fourth-order valence-electron chi connectivity index (χ4n) is 1.86. The topological polar surface area (TPSA) is 75.9 Å². The van der Waals surface area contributed by atoms with Crippen LogP contribution in [0.1, 0.15) is 31.3 Å². The average molecular weight is 336 g/mol. The third-order valence-electron chi connectivity index (χ3n) is 2.97. The highest BCUT2D eigenvalue weighted by Gasteiger charge is 2.08. The molecule has 0 aliphatic rings. The van der Waals surface area contributed by atoms with Crippen LogP contribution in [0.3, 0.4) is 0 Å². The molecule has 1 unspecified atom stereocenters. The number of nitrogens with one attached hydrogen (secondary N) is 2. The van der Waals surface area contributed by atoms with Crippen LogP contribution in [0.2, 0.25) is 0 Å². The van der Waals surface area contributed by atoms with Gasteiger partial charge in [0.2, 0.25) is 0 Å². The monoisotopic (exact) mass is 335 g/mol. The van der Waals surface area contributed by atoms with E-state index >= 15 is 0 Å². The maximum Gasteiger partial charge on any atom is 0.145 e. The number of hydrogen-bond donors (Lipinski definition) is 3. The van der Waals surface area contributed by atoms with Crippen molar-refractivity contribution in [3.05, 3.63) is 46.2 Å². The van der Waals surface area contributed by atoms with Gasteiger partial charge in [0.25, 0.3) is 0 Å². The van der Waals surface area contributed by atoms with E-state index in [1.807, 2.05) is 19.1 Å². The highest BCUT2D eigenvalue weighted by atomic mass is 79.9. The molecule has 0 saturated heterocycles. The molecule has 1 atom stereocenters. The summed E-state index contributed by atoms with van der Waals surface area (Å²) in [7, 11) is 0. The van der Waals surface area contributed by atoms with Gasteiger partial charge in [-0.3, -0.25) is 0 Å². The van der Waals surface area contributed by atoms with Gasteiger partial charge in [0, 0.05) is 23.0 Å². The molecule has 1 aromatic carbocycles. The second kappa shape index (κ2) is 6.67. The van der Waals surface area contributed by atoms with E-state index in [-0.39, 0.29) is 6.04 Å². The summed E-state index contributed by atoms with van der Waals surface area (Å²) in [6.45, 7) is 4.10. The summed E-state index contributed by atoms with van der Waals surface area (Å²) < 4.78 is 1.07. The summed E-state index contributed by atoms with van der Waals surface area (Å²) >= 11 is 3.44. The van der Waals surface area contributed by atoms with Crippen molar-refractivity contribution in [3.63, 3.8) is 0 Å². The average Bonchev–Trinajstić information content (AvgIpc) is 2.47. The molecule has 20 heavy (non-hydrogen) atoms. The lowest BCUT2D eigenvalue weighted by molar-refractivity contribution is 0.857. The highest BCUT2D eigenvalue weighted by molar-refractivity contribution is 9.10. The molecule has 1 heterocycles. The molecular weight excluding hydrogens is 318 g/mol. The molecule has 0 amide bonds. The van der Waals surface area contributed by atoms with E-state index in [2.05, 4.69) is 55.7 Å². The van der Waals surface area contributed by atoms with E-state index in [4.69, 9.17) is 5.84 Å². The van der Waals surface area contributed by atoms with Crippen LogP contribution in [0.5, 0.6) is 0 Å². The molecule has 0 saturated carbocycles. The molecule has 1 aromatic heterocycles. The van der Waals surface area contributed by atoms with E-state index in [1.54, 1.807) is 6.07 Å². The number of hydrazine groups is 1. The van der Waals surface area contributed by atoms with Crippen molar-refractivity contribution in [1.82, 2.24) is 9.97 Å². The minimum absolute atomic E-state index is 0.147. The first kappa shape index (κ1) is 14.7. The number of aryl methyl sites for hydroxylation is 1. The zero-order valence-corrected chi connectivity index (χ0v) is 13.1. The maximum atomic E-state index is 5.43. The minimum atomic E-state index is 0.147. The molecule has 0 bridgehead atoms. The highest BCUT2D eigenvalue weighted by Crippen LogP contribution is 2.21. The number of halogens is 1. The van der Waals surface area contributed by atoms with E-state index in [9.17, 15) is 0 Å². The van der Waals surface area contributed by atoms with Crippen LogP contribution in [-0.2, 0) is 6.42 Å². The molecule has 0 aliphatic heterocycles. The van der Waals surface area contributed by atoms with Crippen molar-refractivity contribution in [2.24, 2.45) is 5.84 Å². The van der Waals surface area contributed by atoms with Crippen molar-refractivity contribution in [2.75, 3.05) is 10.7 Å². The molecule has 0 radical (unpaired) electrons. The molecule has 0 spiro atoms. The number of anilines is 2. The Hall–Kier alpha value is -1.66. The first-order valence-corrected chi connectivity index (χ1v) is 7.28. The van der Waals surface area contributed by atoms with Crippen molar-refractivity contribution in [2.45, 2.75) is 26.3 Å². The fourth-order valence-corrected chi connectivity index (χ4v) is 2.12. The minimum Gasteiger partial charge on any atom is -0.363 e. The maximum absolute atomic E-state index is 5.43. The second-order valence-electron chi connectivity index (χ2n) is 4.47. The van der Waals surface area contributed by atoms with Gasteiger partial charge >= 0.3 is 0 Å². The summed E-state index contributed by atoms with van der Waals surface area (Å²) in [5, 5.41) is 3.37. The smallest absolute Gasteiger partial charge is 0.145 e. The summed E-state index contributed by atoms with van der Waals surface area (Å²) in [6.07, 6.45) is 0.761. The largest absolute Gasteiger partial charge is 0.363 e. The lowest BCUT2D eigenvalue weighted by Crippen LogP contribution is -2.13. The first-order chi connectivity index (χ1) is 9.62. The molecule has 2 aromatic rings. The van der Waals surface area contributed by atoms with Crippen LogP contribution in [-0.4, -0.2) is 9.97 Å². The molecular formula is C14H18BrN5. The third kappa shape index (κ3) is 3.68. The van der Waals surface area contributed by atoms with Crippen molar-refractivity contribution in [1.29, 1.82) is 0 Å². The van der Waals surface area contributed by atoms with Gasteiger partial charge in [-0.15, -0.1) is 0 Å². The zero-order chi connectivity index (χ0) is 14.5.